The molecule has 6 atom stereocenters. The van der Waals surface area contributed by atoms with E-state index in [4.69, 9.17) is 18.6 Å². The third kappa shape index (κ3) is 20.4. The molecule has 1 rings (SSSR count). The van der Waals surface area contributed by atoms with Crippen LogP contribution in [-0.4, -0.2) is 78.3 Å². The zero-order valence-corrected chi connectivity index (χ0v) is 38.4. The minimum atomic E-state index is -2.12. The molecule has 0 fully saturated rings. The van der Waals surface area contributed by atoms with E-state index in [0.29, 0.717) is 12.0 Å². The Hall–Kier alpha value is -3.83. The van der Waals surface area contributed by atoms with E-state index in [1.807, 2.05) is 77.2 Å². The molecule has 0 saturated heterocycles. The average molecular weight is 807 g/mol. The second-order valence-corrected chi connectivity index (χ2v) is 21.5. The first-order valence-electron chi connectivity index (χ1n) is 20.2. The second kappa shape index (κ2) is 26.2. The normalized spacial score (nSPS) is 28.7. The largest absolute Gasteiger partial charge is 0.454 e. The van der Waals surface area contributed by atoms with Crippen LogP contribution < -0.4 is 10.6 Å². The van der Waals surface area contributed by atoms with Crippen LogP contribution >= 0.6 is 0 Å². The third-order valence-electron chi connectivity index (χ3n) is 10.4. The van der Waals surface area contributed by atoms with Crippen LogP contribution in [0.3, 0.4) is 0 Å². The van der Waals surface area contributed by atoms with Crippen LogP contribution in [0.4, 0.5) is 0 Å². The van der Waals surface area contributed by atoms with Gasteiger partial charge in [0.1, 0.15) is 12.1 Å². The van der Waals surface area contributed by atoms with Gasteiger partial charge in [0.2, 0.25) is 12.3 Å². The molecule has 57 heavy (non-hydrogen) atoms. The molecule has 2 N–H and O–H groups in total. The first-order valence-corrected chi connectivity index (χ1v) is 23.1. The fourth-order valence-electron chi connectivity index (χ4n) is 5.55. The van der Waals surface area contributed by atoms with Crippen LogP contribution in [0.1, 0.15) is 88.5 Å². The van der Waals surface area contributed by atoms with Crippen LogP contribution in [0.5, 0.6) is 0 Å². The highest BCUT2D eigenvalue weighted by Crippen LogP contribution is 2.36. The molecule has 0 unspecified atom stereocenters. The van der Waals surface area contributed by atoms with Gasteiger partial charge in [0.05, 0.1) is 18.8 Å². The minimum Gasteiger partial charge on any atom is -0.454 e. The predicted molar refractivity (Wildman–Crippen MR) is 238 cm³/mol. The Balaban J connectivity index is 3.37. The van der Waals surface area contributed by atoms with Crippen molar-refractivity contribution in [2.24, 2.45) is 11.8 Å². The molecule has 0 aliphatic carbocycles. The molecule has 0 radical (unpaired) electrons. The Bertz CT molecular complexity index is 1570. The molecule has 318 valence electrons. The monoisotopic (exact) mass is 807 g/mol. The number of esters is 1. The van der Waals surface area contributed by atoms with Gasteiger partial charge in [-0.05, 0) is 83.5 Å². The van der Waals surface area contributed by atoms with Gasteiger partial charge in [-0.3, -0.25) is 9.59 Å². The molecule has 10 heteroatoms. The van der Waals surface area contributed by atoms with Crippen molar-refractivity contribution in [1.82, 2.24) is 10.6 Å². The van der Waals surface area contributed by atoms with Crippen molar-refractivity contribution in [1.29, 1.82) is 0 Å². The molecule has 1 aliphatic rings. The molecule has 0 aromatic carbocycles. The molecule has 9 nitrogen and oxygen atoms in total. The van der Waals surface area contributed by atoms with Gasteiger partial charge in [-0.2, -0.15) is 0 Å². The molecule has 0 aromatic heterocycles. The SMILES string of the molecule is CO[C@@H]1/C=C(C)/C=C/[C@@H](C)/C=C(\C)C(=O)O[C@H](/C(C)=C/C=C(\C)CNC(=O)[C@H](CO[Si](C)(C)C(C)(C)C)NC=O)[C@@H](C)/C=C/C=C/[C@@H](OC)CC/C=C(C)\C=C\C1. The van der Waals surface area contributed by atoms with E-state index in [2.05, 4.69) is 87.9 Å². The quantitative estimate of drug-likeness (QED) is 0.0875. The van der Waals surface area contributed by atoms with Crippen LogP contribution in [0.25, 0.3) is 0 Å². The first-order chi connectivity index (χ1) is 26.7. The van der Waals surface area contributed by atoms with Crippen LogP contribution in [-0.2, 0) is 33.0 Å². The summed E-state index contributed by atoms with van der Waals surface area (Å²) in [7, 11) is 1.32. The lowest BCUT2D eigenvalue weighted by Crippen LogP contribution is -2.50. The molecular weight excluding hydrogens is 733 g/mol. The van der Waals surface area contributed by atoms with Crippen LogP contribution in [0, 0.1) is 11.8 Å². The Morgan fingerprint density at radius 3 is 2.26 bits per heavy atom. The average Bonchev–Trinajstić information content (AvgIpc) is 3.15. The summed E-state index contributed by atoms with van der Waals surface area (Å²) in [5, 5.41) is 5.49. The van der Waals surface area contributed by atoms with Gasteiger partial charge in [-0.25, -0.2) is 4.79 Å². The maximum absolute atomic E-state index is 13.5. The minimum absolute atomic E-state index is 0.00728. The number of carbonyl (C=O) groups is 3. The lowest BCUT2D eigenvalue weighted by molar-refractivity contribution is -0.144. The molecule has 1 heterocycles. The van der Waals surface area contributed by atoms with E-state index in [0.717, 1.165) is 36.0 Å². The Morgan fingerprint density at radius 1 is 0.965 bits per heavy atom. The highest BCUT2D eigenvalue weighted by Gasteiger charge is 2.38. The van der Waals surface area contributed by atoms with E-state index >= 15 is 0 Å². The van der Waals surface area contributed by atoms with Crippen molar-refractivity contribution in [2.45, 2.75) is 131 Å². The lowest BCUT2D eigenvalue weighted by atomic mass is 9.96. The number of nitrogens with one attached hydrogen (secondary N) is 2. The Kier molecular flexibility index (Phi) is 23.5. The van der Waals surface area contributed by atoms with Crippen LogP contribution in [0.15, 0.2) is 107 Å². The van der Waals surface area contributed by atoms with Gasteiger partial charge in [0.25, 0.3) is 0 Å². The highest BCUT2D eigenvalue weighted by molar-refractivity contribution is 6.74. The molecule has 0 spiro atoms. The van der Waals surface area contributed by atoms with Crippen molar-refractivity contribution in [2.75, 3.05) is 27.4 Å². The third-order valence-corrected chi connectivity index (χ3v) is 14.9. The second-order valence-electron chi connectivity index (χ2n) is 16.7. The fourth-order valence-corrected chi connectivity index (χ4v) is 6.56. The van der Waals surface area contributed by atoms with E-state index in [9.17, 15) is 14.4 Å². The van der Waals surface area contributed by atoms with Gasteiger partial charge in [0.15, 0.2) is 8.32 Å². The number of ether oxygens (including phenoxy) is 3. The van der Waals surface area contributed by atoms with E-state index < -0.39 is 20.5 Å². The summed E-state index contributed by atoms with van der Waals surface area (Å²) in [6.07, 6.45) is 28.9. The predicted octanol–water partition coefficient (Wildman–Crippen LogP) is 9.59. The summed E-state index contributed by atoms with van der Waals surface area (Å²) in [4.78, 5) is 37.9. The summed E-state index contributed by atoms with van der Waals surface area (Å²) in [5.41, 5.74) is 4.53. The molecule has 0 bridgehead atoms. The topological polar surface area (TPSA) is 112 Å². The number of carbonyl (C=O) groups excluding carboxylic acids is 3. The van der Waals surface area contributed by atoms with E-state index in [1.165, 1.54) is 5.57 Å². The maximum atomic E-state index is 13.5. The zero-order chi connectivity index (χ0) is 43.2. The summed E-state index contributed by atoms with van der Waals surface area (Å²) < 4.78 is 23.8. The number of allylic oxidation sites excluding steroid dienone is 11. The standard InChI is InChI=1S/C47H74N2O7Si/c1-34-19-17-23-41(53-11)22-16-15-21-38(5)44(56-46(52)40(7)29-35(2)25-26-36(3)30-42(54-12)24-18-20-34)39(6)28-27-37(4)31-48-45(51)43(49-33-50)32-55-57(13,14)47(8,9)10/h15-16,18-22,25-30,33,35,38,41-44H,17,23-24,31-32H2,1-14H3,(H,48,51)(H,49,50)/b20-18+,21-15+,22-16+,26-25+,34-19-,36-30+,37-27+,39-28+,40-29+/t35-,38+,41-,42+,43+,44+/m1/s1. The van der Waals surface area contributed by atoms with Crippen molar-refractivity contribution in [3.05, 3.63) is 107 Å². The van der Waals surface area contributed by atoms with Crippen molar-refractivity contribution < 1.29 is 33.0 Å². The lowest BCUT2D eigenvalue weighted by Gasteiger charge is -2.37. The number of hydrogen-bond acceptors (Lipinski definition) is 7. The summed E-state index contributed by atoms with van der Waals surface area (Å²) in [6.45, 7) is 24.8. The fraction of sp³-hybridized carbons (Fsp3) is 0.553. The Labute approximate surface area is 346 Å². The summed E-state index contributed by atoms with van der Waals surface area (Å²) >= 11 is 0. The number of amides is 2. The summed E-state index contributed by atoms with van der Waals surface area (Å²) in [5.74, 6) is -0.874. The Morgan fingerprint density at radius 2 is 1.63 bits per heavy atom. The summed E-state index contributed by atoms with van der Waals surface area (Å²) in [6, 6.07) is -0.803. The number of rotatable bonds is 12. The van der Waals surface area contributed by atoms with Gasteiger partial charge in [-0.1, -0.05) is 130 Å². The molecule has 2 amide bonds. The molecule has 0 aromatic rings. The number of hydrogen-bond donors (Lipinski definition) is 2. The maximum Gasteiger partial charge on any atom is 0.334 e. The van der Waals surface area contributed by atoms with Gasteiger partial charge >= 0.3 is 5.97 Å². The van der Waals surface area contributed by atoms with Crippen molar-refractivity contribution >= 4 is 26.6 Å². The molecule has 1 aliphatic heterocycles. The molecular formula is C47H74N2O7Si. The zero-order valence-electron chi connectivity index (χ0n) is 37.4. The van der Waals surface area contributed by atoms with E-state index in [-0.39, 0.29) is 54.1 Å². The van der Waals surface area contributed by atoms with Gasteiger partial charge < -0.3 is 29.3 Å². The van der Waals surface area contributed by atoms with Crippen LogP contribution in [0.2, 0.25) is 18.1 Å². The highest BCUT2D eigenvalue weighted by atomic mass is 28.4. The van der Waals surface area contributed by atoms with Gasteiger partial charge in [-0.15, -0.1) is 0 Å². The molecule has 0 saturated carbocycles. The first kappa shape index (κ1) is 51.2. The number of methoxy groups -OCH3 is 2. The van der Waals surface area contributed by atoms with Crippen molar-refractivity contribution in [3.63, 3.8) is 0 Å². The smallest absolute Gasteiger partial charge is 0.334 e. The van der Waals surface area contributed by atoms with Crippen molar-refractivity contribution in [3.8, 4) is 0 Å². The van der Waals surface area contributed by atoms with E-state index in [1.54, 1.807) is 21.1 Å². The number of cyclic esters (lactones) is 1. The van der Waals surface area contributed by atoms with Gasteiger partial charge in [0, 0.05) is 32.3 Å².